The molecule has 0 saturated carbocycles. The molecular weight excluding hydrogens is 242 g/mol. The minimum absolute atomic E-state index is 0.0621. The predicted octanol–water partition coefficient (Wildman–Crippen LogP) is 0.00460. The van der Waals surface area contributed by atoms with E-state index in [0.29, 0.717) is 18.9 Å². The van der Waals surface area contributed by atoms with Gasteiger partial charge in [-0.25, -0.2) is 9.97 Å². The quantitative estimate of drug-likeness (QED) is 0.553. The van der Waals surface area contributed by atoms with Crippen LogP contribution in [-0.2, 0) is 6.42 Å². The van der Waals surface area contributed by atoms with Gasteiger partial charge in [-0.3, -0.25) is 10.1 Å². The predicted molar refractivity (Wildman–Crippen MR) is 59.6 cm³/mol. The van der Waals surface area contributed by atoms with E-state index in [1.54, 1.807) is 0 Å². The van der Waals surface area contributed by atoms with Crippen LogP contribution in [0.1, 0.15) is 5.89 Å². The molecule has 2 rings (SSSR count). The summed E-state index contributed by atoms with van der Waals surface area (Å²) < 4.78 is 4.78. The van der Waals surface area contributed by atoms with Gasteiger partial charge in [-0.1, -0.05) is 5.16 Å². The first-order valence-electron chi connectivity index (χ1n) is 4.92. The molecule has 3 N–H and O–H groups in total. The van der Waals surface area contributed by atoms with E-state index in [2.05, 4.69) is 25.4 Å². The molecule has 0 spiro atoms. The fourth-order valence-electron chi connectivity index (χ4n) is 1.30. The van der Waals surface area contributed by atoms with Gasteiger partial charge in [-0.2, -0.15) is 4.98 Å². The van der Waals surface area contributed by atoms with Crippen LogP contribution in [-0.4, -0.2) is 31.6 Å². The van der Waals surface area contributed by atoms with Gasteiger partial charge >= 0.3 is 5.69 Å². The van der Waals surface area contributed by atoms with E-state index in [4.69, 9.17) is 10.3 Å². The van der Waals surface area contributed by atoms with E-state index in [9.17, 15) is 10.1 Å². The van der Waals surface area contributed by atoms with Crippen LogP contribution in [0.5, 0.6) is 0 Å². The van der Waals surface area contributed by atoms with Gasteiger partial charge in [0.25, 0.3) is 0 Å². The van der Waals surface area contributed by atoms with Gasteiger partial charge < -0.3 is 15.6 Å². The molecule has 0 amide bonds. The first-order valence-corrected chi connectivity index (χ1v) is 4.92. The first-order chi connectivity index (χ1) is 8.68. The van der Waals surface area contributed by atoms with Crippen LogP contribution in [0.3, 0.4) is 0 Å². The largest absolute Gasteiger partial charge is 0.378 e. The Labute approximate surface area is 100 Å². The zero-order valence-corrected chi connectivity index (χ0v) is 9.11. The second-order valence-electron chi connectivity index (χ2n) is 3.23. The van der Waals surface area contributed by atoms with Crippen LogP contribution in [0.15, 0.2) is 17.2 Å². The fraction of sp³-hybridized carbons (Fsp3) is 0.250. The van der Waals surface area contributed by atoms with Crippen LogP contribution >= 0.6 is 0 Å². The van der Waals surface area contributed by atoms with Crippen molar-refractivity contribution in [3.63, 3.8) is 0 Å². The summed E-state index contributed by atoms with van der Waals surface area (Å²) in [5.74, 6) is 0.300. The Kier molecular flexibility index (Phi) is 3.27. The van der Waals surface area contributed by atoms with Gasteiger partial charge in [0, 0.05) is 13.0 Å². The maximum atomic E-state index is 10.8. The van der Waals surface area contributed by atoms with E-state index in [1.165, 1.54) is 6.33 Å². The molecule has 0 aliphatic heterocycles. The summed E-state index contributed by atoms with van der Waals surface area (Å²) in [6.45, 7) is 0.347. The molecule has 94 valence electrons. The number of nitro groups is 1. The Bertz CT molecular complexity index is 542. The number of hydrogen-bond donors (Lipinski definition) is 2. The van der Waals surface area contributed by atoms with Crippen LogP contribution in [0.2, 0.25) is 0 Å². The number of nitrogens with one attached hydrogen (secondary N) is 1. The Morgan fingerprint density at radius 1 is 1.39 bits per heavy atom. The Balaban J connectivity index is 2.05. The van der Waals surface area contributed by atoms with Crippen molar-refractivity contribution in [3.8, 4) is 0 Å². The third-order valence-corrected chi connectivity index (χ3v) is 2.07. The highest BCUT2D eigenvalue weighted by Gasteiger charge is 2.20. The van der Waals surface area contributed by atoms with Crippen LogP contribution in [0.4, 0.5) is 17.3 Å². The molecule has 0 atom stereocenters. The number of nitrogens with two attached hydrogens (primary N) is 1. The lowest BCUT2D eigenvalue weighted by atomic mass is 10.4. The number of rotatable bonds is 5. The lowest BCUT2D eigenvalue weighted by Gasteiger charge is -2.04. The zero-order chi connectivity index (χ0) is 13.0. The summed E-state index contributed by atoms with van der Waals surface area (Å²) >= 11 is 0. The highest BCUT2D eigenvalue weighted by Crippen LogP contribution is 2.25. The van der Waals surface area contributed by atoms with Crippen molar-refractivity contribution >= 4 is 17.3 Å². The summed E-state index contributed by atoms with van der Waals surface area (Å²) in [7, 11) is 0. The summed E-state index contributed by atoms with van der Waals surface area (Å²) in [5.41, 5.74) is 5.07. The lowest BCUT2D eigenvalue weighted by Crippen LogP contribution is -2.10. The molecule has 0 aliphatic rings. The number of nitrogens with zero attached hydrogens (tertiary/aromatic N) is 5. The van der Waals surface area contributed by atoms with Crippen molar-refractivity contribution in [3.05, 3.63) is 28.7 Å². The average molecular weight is 251 g/mol. The molecule has 2 aromatic heterocycles. The van der Waals surface area contributed by atoms with Crippen molar-refractivity contribution < 1.29 is 9.45 Å². The fourth-order valence-corrected chi connectivity index (χ4v) is 1.30. The highest BCUT2D eigenvalue weighted by atomic mass is 16.6. The third-order valence-electron chi connectivity index (χ3n) is 2.07. The van der Waals surface area contributed by atoms with Crippen molar-refractivity contribution in [2.24, 2.45) is 0 Å². The van der Waals surface area contributed by atoms with E-state index in [-0.39, 0.29) is 17.3 Å². The van der Waals surface area contributed by atoms with E-state index in [0.717, 1.165) is 6.33 Å². The van der Waals surface area contributed by atoms with Crippen molar-refractivity contribution in [1.29, 1.82) is 0 Å². The van der Waals surface area contributed by atoms with Crippen LogP contribution in [0.25, 0.3) is 0 Å². The molecule has 2 aromatic rings. The normalized spacial score (nSPS) is 10.2. The van der Waals surface area contributed by atoms with Crippen LogP contribution < -0.4 is 11.1 Å². The van der Waals surface area contributed by atoms with Crippen molar-refractivity contribution in [2.45, 2.75) is 6.42 Å². The maximum absolute atomic E-state index is 10.8. The van der Waals surface area contributed by atoms with Gasteiger partial charge in [0.1, 0.15) is 6.33 Å². The molecule has 0 radical (unpaired) electrons. The Morgan fingerprint density at radius 3 is 2.89 bits per heavy atom. The standard InChI is InChI=1S/C8H9N7O3/c9-7-6(15(16)17)8(13-3-12-7)10-2-1-5-11-4-14-18-5/h3-4H,1-2H2,(H3,9,10,12,13). The molecule has 10 heteroatoms. The maximum Gasteiger partial charge on any atom is 0.352 e. The number of nitrogen functional groups attached to an aromatic ring is 1. The van der Waals surface area contributed by atoms with E-state index < -0.39 is 4.92 Å². The number of anilines is 2. The number of hydrogen-bond acceptors (Lipinski definition) is 9. The second kappa shape index (κ2) is 5.03. The van der Waals surface area contributed by atoms with Gasteiger partial charge in [0.05, 0.1) is 4.92 Å². The summed E-state index contributed by atoms with van der Waals surface area (Å²) in [4.78, 5) is 21.3. The monoisotopic (exact) mass is 251 g/mol. The molecule has 2 heterocycles. The van der Waals surface area contributed by atoms with E-state index in [1.807, 2.05) is 0 Å². The van der Waals surface area contributed by atoms with E-state index >= 15 is 0 Å². The molecule has 0 aromatic carbocycles. The second-order valence-corrected chi connectivity index (χ2v) is 3.23. The highest BCUT2D eigenvalue weighted by molar-refractivity contribution is 5.67. The molecule has 18 heavy (non-hydrogen) atoms. The number of aromatic nitrogens is 4. The molecule has 10 nitrogen and oxygen atoms in total. The Morgan fingerprint density at radius 2 is 2.22 bits per heavy atom. The SMILES string of the molecule is Nc1ncnc(NCCc2ncno2)c1[N+](=O)[O-]. The van der Waals surface area contributed by atoms with Crippen molar-refractivity contribution in [2.75, 3.05) is 17.6 Å². The minimum Gasteiger partial charge on any atom is -0.378 e. The topological polar surface area (TPSA) is 146 Å². The van der Waals surface area contributed by atoms with Gasteiger partial charge in [-0.15, -0.1) is 0 Å². The van der Waals surface area contributed by atoms with Gasteiger partial charge in [-0.05, 0) is 0 Å². The van der Waals surface area contributed by atoms with Crippen molar-refractivity contribution in [1.82, 2.24) is 20.1 Å². The average Bonchev–Trinajstić information content (AvgIpc) is 2.81. The third kappa shape index (κ3) is 2.48. The first kappa shape index (κ1) is 11.7. The lowest BCUT2D eigenvalue weighted by molar-refractivity contribution is -0.383. The molecule has 0 aliphatic carbocycles. The zero-order valence-electron chi connectivity index (χ0n) is 9.11. The van der Waals surface area contributed by atoms with Crippen LogP contribution in [0, 0.1) is 10.1 Å². The van der Waals surface area contributed by atoms with Gasteiger partial charge in [0.2, 0.25) is 17.5 Å². The molecular formula is C8H9N7O3. The molecule has 0 bridgehead atoms. The smallest absolute Gasteiger partial charge is 0.352 e. The molecule has 0 unspecified atom stereocenters. The molecule has 0 fully saturated rings. The van der Waals surface area contributed by atoms with Gasteiger partial charge in [0.15, 0.2) is 6.33 Å². The summed E-state index contributed by atoms with van der Waals surface area (Å²) in [5, 5.41) is 17.0. The summed E-state index contributed by atoms with van der Waals surface area (Å²) in [6.07, 6.45) is 2.85. The molecule has 0 saturated heterocycles. The summed E-state index contributed by atoms with van der Waals surface area (Å²) in [6, 6.07) is 0. The minimum atomic E-state index is -0.635. The Hall–Kier alpha value is -2.78.